The van der Waals surface area contributed by atoms with E-state index in [9.17, 15) is 4.79 Å². The van der Waals surface area contributed by atoms with Gasteiger partial charge in [-0.2, -0.15) is 0 Å². The number of nitrogens with zero attached hydrogens (tertiary/aromatic N) is 2. The maximum Gasteiger partial charge on any atom is 0.495 e. The fourth-order valence-corrected chi connectivity index (χ4v) is 8.30. The van der Waals surface area contributed by atoms with Crippen LogP contribution in [-0.2, 0) is 14.0 Å². The van der Waals surface area contributed by atoms with Gasteiger partial charge in [-0.1, -0.05) is 12.1 Å². The van der Waals surface area contributed by atoms with Crippen molar-refractivity contribution in [3.63, 3.8) is 0 Å². The Morgan fingerprint density at radius 2 is 1.71 bits per heavy atom. The Hall–Kier alpha value is -2.62. The number of rotatable bonds is 4. The predicted octanol–water partition coefficient (Wildman–Crippen LogP) is 7.54. The highest BCUT2D eigenvalue weighted by Gasteiger charge is 2.54. The molecule has 3 aromatic rings. The first kappa shape index (κ1) is 28.2. The number of hydrogen-bond acceptors (Lipinski definition) is 6. The summed E-state index contributed by atoms with van der Waals surface area (Å²) in [6, 6.07) is 8.91. The minimum Gasteiger partial charge on any atom is -0.444 e. The van der Waals surface area contributed by atoms with Gasteiger partial charge in [-0.25, -0.2) is 9.78 Å². The summed E-state index contributed by atoms with van der Waals surface area (Å²) in [7, 11) is -0.324. The van der Waals surface area contributed by atoms with Crippen molar-refractivity contribution in [1.29, 1.82) is 0 Å². The molecular formula is C33H42BN3O4S. The van der Waals surface area contributed by atoms with Crippen molar-refractivity contribution in [2.45, 2.75) is 115 Å². The van der Waals surface area contributed by atoms with Crippen LogP contribution in [0.3, 0.4) is 0 Å². The van der Waals surface area contributed by atoms with E-state index in [1.165, 1.54) is 46.3 Å². The van der Waals surface area contributed by atoms with E-state index in [1.807, 2.05) is 31.9 Å². The molecule has 3 atom stereocenters. The van der Waals surface area contributed by atoms with Gasteiger partial charge in [-0.15, -0.1) is 11.3 Å². The van der Waals surface area contributed by atoms with Crippen LogP contribution < -0.4 is 5.46 Å². The lowest BCUT2D eigenvalue weighted by atomic mass is 9.70. The third-order valence-electron chi connectivity index (χ3n) is 10.0. The molecule has 1 N–H and O–H groups in total. The summed E-state index contributed by atoms with van der Waals surface area (Å²) in [4.78, 5) is 25.4. The highest BCUT2D eigenvalue weighted by atomic mass is 32.1. The molecule has 7 nitrogen and oxygen atoms in total. The van der Waals surface area contributed by atoms with Gasteiger partial charge < -0.3 is 19.0 Å². The number of carbonyl (C=O) groups excluding carboxylic acids is 1. The van der Waals surface area contributed by atoms with E-state index < -0.39 is 5.60 Å². The van der Waals surface area contributed by atoms with Gasteiger partial charge in [0.05, 0.1) is 34.0 Å². The summed E-state index contributed by atoms with van der Waals surface area (Å²) in [5.41, 5.74) is 5.32. The maximum absolute atomic E-state index is 12.8. The molecule has 42 heavy (non-hydrogen) atoms. The van der Waals surface area contributed by atoms with Crippen molar-refractivity contribution in [2.24, 2.45) is 0 Å². The molecule has 0 radical (unpaired) electrons. The number of benzene rings is 1. The third-order valence-corrected chi connectivity index (χ3v) is 11.2. The average Bonchev–Trinajstić information content (AvgIpc) is 3.74. The fraction of sp³-hybridized carbons (Fsp3) is 0.576. The van der Waals surface area contributed by atoms with Crippen molar-refractivity contribution in [3.8, 4) is 21.0 Å². The molecule has 7 rings (SSSR count). The van der Waals surface area contributed by atoms with Gasteiger partial charge in [0.2, 0.25) is 0 Å². The van der Waals surface area contributed by atoms with E-state index in [0.717, 1.165) is 29.2 Å². The number of ether oxygens (including phenoxy) is 1. The molecule has 2 aliphatic heterocycles. The summed E-state index contributed by atoms with van der Waals surface area (Å²) in [5, 5.41) is 0. The SMILES string of the molecule is CC(C)(C)OC(=O)N1CCC[C@H]1c1ncc(-c2ccc(-c3ccc(B4OC(C)(C)C(C)(C)O4)c4c3C3CCC4C3)s2)[nH]1. The Bertz CT molecular complexity index is 1520. The summed E-state index contributed by atoms with van der Waals surface area (Å²) in [6.07, 6.45) is 7.20. The number of aromatic amines is 1. The lowest BCUT2D eigenvalue weighted by molar-refractivity contribution is 0.00578. The first-order valence-electron chi connectivity index (χ1n) is 15.5. The van der Waals surface area contributed by atoms with Crippen LogP contribution in [0.25, 0.3) is 21.0 Å². The van der Waals surface area contributed by atoms with E-state index in [4.69, 9.17) is 19.0 Å². The van der Waals surface area contributed by atoms with Gasteiger partial charge in [-0.3, -0.25) is 4.90 Å². The number of fused-ring (bicyclic) bond motifs is 5. The van der Waals surface area contributed by atoms with Crippen molar-refractivity contribution in [2.75, 3.05) is 6.54 Å². The third kappa shape index (κ3) is 4.63. The Kier molecular flexibility index (Phi) is 6.50. The highest BCUT2D eigenvalue weighted by Crippen LogP contribution is 2.56. The van der Waals surface area contributed by atoms with Gasteiger partial charge >= 0.3 is 13.2 Å². The first-order valence-corrected chi connectivity index (χ1v) is 16.3. The minimum atomic E-state index is -0.520. The van der Waals surface area contributed by atoms with Crippen molar-refractivity contribution >= 4 is 30.0 Å². The summed E-state index contributed by atoms with van der Waals surface area (Å²) >= 11 is 1.80. The Labute approximate surface area is 253 Å². The zero-order chi connectivity index (χ0) is 29.6. The van der Waals surface area contributed by atoms with Crippen molar-refractivity contribution in [1.82, 2.24) is 14.9 Å². The molecule has 9 heteroatoms. The molecule has 1 aromatic carbocycles. The number of nitrogens with one attached hydrogen (secondary N) is 1. The smallest absolute Gasteiger partial charge is 0.444 e. The lowest BCUT2D eigenvalue weighted by Crippen LogP contribution is -2.41. The zero-order valence-electron chi connectivity index (χ0n) is 25.9. The Balaban J connectivity index is 1.17. The molecule has 2 aliphatic carbocycles. The molecule has 2 saturated heterocycles. The number of aromatic nitrogens is 2. The fourth-order valence-electron chi connectivity index (χ4n) is 7.29. The van der Waals surface area contributed by atoms with Crippen LogP contribution in [0.15, 0.2) is 30.5 Å². The molecular weight excluding hydrogens is 545 g/mol. The maximum atomic E-state index is 12.8. The molecule has 4 heterocycles. The van der Waals surface area contributed by atoms with Crippen LogP contribution in [0.4, 0.5) is 4.79 Å². The van der Waals surface area contributed by atoms with Crippen LogP contribution in [0, 0.1) is 0 Å². The van der Waals surface area contributed by atoms with Gasteiger partial charge in [0.25, 0.3) is 0 Å². The lowest BCUT2D eigenvalue weighted by Gasteiger charge is -2.32. The normalized spacial score (nSPS) is 25.8. The van der Waals surface area contributed by atoms with Gasteiger partial charge in [-0.05, 0) is 127 Å². The van der Waals surface area contributed by atoms with Gasteiger partial charge in [0, 0.05) is 11.4 Å². The average molecular weight is 588 g/mol. The molecule has 4 aliphatic rings. The van der Waals surface area contributed by atoms with E-state index in [-0.39, 0.29) is 30.5 Å². The number of thiophene rings is 1. The van der Waals surface area contributed by atoms with Crippen molar-refractivity contribution < 1.29 is 18.8 Å². The summed E-state index contributed by atoms with van der Waals surface area (Å²) in [6.45, 7) is 14.9. The second-order valence-corrected chi connectivity index (χ2v) is 15.6. The second-order valence-electron chi connectivity index (χ2n) is 14.5. The van der Waals surface area contributed by atoms with Gasteiger partial charge in [0.15, 0.2) is 0 Å². The highest BCUT2D eigenvalue weighted by molar-refractivity contribution is 7.18. The number of imidazole rings is 1. The number of amides is 1. The quantitative estimate of drug-likeness (QED) is 0.319. The molecule has 3 fully saturated rings. The van der Waals surface area contributed by atoms with Crippen LogP contribution in [0.2, 0.25) is 0 Å². The number of likely N-dealkylation sites (tertiary alicyclic amines) is 1. The predicted molar refractivity (Wildman–Crippen MR) is 167 cm³/mol. The number of H-pyrrole nitrogens is 1. The van der Waals surface area contributed by atoms with Crippen molar-refractivity contribution in [3.05, 3.63) is 47.4 Å². The molecule has 2 unspecified atom stereocenters. The number of carbonyl (C=O) groups is 1. The molecule has 1 saturated carbocycles. The Morgan fingerprint density at radius 1 is 1.02 bits per heavy atom. The summed E-state index contributed by atoms with van der Waals surface area (Å²) in [5.74, 6) is 2.02. The van der Waals surface area contributed by atoms with Crippen LogP contribution in [0.5, 0.6) is 0 Å². The Morgan fingerprint density at radius 3 is 2.43 bits per heavy atom. The molecule has 222 valence electrons. The van der Waals surface area contributed by atoms with E-state index in [2.05, 4.69) is 56.9 Å². The molecule has 0 spiro atoms. The molecule has 2 aromatic heterocycles. The largest absolute Gasteiger partial charge is 0.495 e. The van der Waals surface area contributed by atoms with Crippen LogP contribution in [-0.4, -0.2) is 51.4 Å². The minimum absolute atomic E-state index is 0.0885. The van der Waals surface area contributed by atoms with E-state index >= 15 is 0 Å². The monoisotopic (exact) mass is 587 g/mol. The van der Waals surface area contributed by atoms with Crippen LogP contribution in [0.1, 0.15) is 115 Å². The van der Waals surface area contributed by atoms with E-state index in [1.54, 1.807) is 11.3 Å². The molecule has 2 bridgehead atoms. The van der Waals surface area contributed by atoms with Gasteiger partial charge in [0.1, 0.15) is 11.4 Å². The topological polar surface area (TPSA) is 76.7 Å². The zero-order valence-corrected chi connectivity index (χ0v) is 26.7. The first-order chi connectivity index (χ1) is 19.8. The van der Waals surface area contributed by atoms with E-state index in [0.29, 0.717) is 18.4 Å². The standard InChI is InChI=1S/C33H42BN3O4S/c1-31(2,3)39-30(38)37-16-8-9-24(37)29-35-18-23(36-29)26-15-14-25(42-26)21-12-13-22(28-20-11-10-19(17-20)27(21)28)34-40-32(4,5)33(6,7)41-34/h12-15,18-20,24H,8-11,16-17H2,1-7H3,(H,35,36)/t19?,20?,24-/m0/s1. The second kappa shape index (κ2) is 9.70. The van der Waals surface area contributed by atoms with Crippen LogP contribution >= 0.6 is 11.3 Å². The molecule has 1 amide bonds. The number of hydrogen-bond donors (Lipinski definition) is 1. The summed E-state index contributed by atoms with van der Waals surface area (Å²) < 4.78 is 18.7.